The molecular formula is C23H28N6O2. The number of pyridine rings is 1. The first-order valence-corrected chi connectivity index (χ1v) is 11.0. The molecule has 8 heteroatoms. The third-order valence-electron chi connectivity index (χ3n) is 6.94. The molecule has 31 heavy (non-hydrogen) atoms. The number of carbonyl (C=O) groups is 2. The molecule has 1 unspecified atom stereocenters. The van der Waals surface area contributed by atoms with Crippen molar-refractivity contribution in [1.82, 2.24) is 30.0 Å². The van der Waals surface area contributed by atoms with Crippen LogP contribution in [-0.2, 0) is 0 Å². The maximum Gasteiger partial charge on any atom is 0.274 e. The number of likely N-dealkylation sites (tertiary alicyclic amines) is 1. The standard InChI is InChI=1S/C23H28N6O2/c1-14(2)17-10-18(27-26-17)22(31)28-12-23(13-28)8-4-7-19(23)25-21(30)16-11-24-29-9-5-6-15(3)20(16)29/h5-6,9-11,14,19H,4,7-8,12-13H2,1-3H3,(H,25,30)(H,26,27). The van der Waals surface area contributed by atoms with Crippen LogP contribution in [0.4, 0.5) is 0 Å². The first-order valence-electron chi connectivity index (χ1n) is 11.0. The highest BCUT2D eigenvalue weighted by Gasteiger charge is 2.53. The van der Waals surface area contributed by atoms with Gasteiger partial charge in [0.2, 0.25) is 0 Å². The van der Waals surface area contributed by atoms with E-state index in [0.717, 1.165) is 36.0 Å². The quantitative estimate of drug-likeness (QED) is 0.678. The van der Waals surface area contributed by atoms with E-state index in [9.17, 15) is 9.59 Å². The molecule has 8 nitrogen and oxygen atoms in total. The fourth-order valence-corrected chi connectivity index (χ4v) is 5.12. The zero-order chi connectivity index (χ0) is 21.8. The number of carbonyl (C=O) groups excluding carboxylic acids is 2. The maximum atomic E-state index is 13.1. The molecule has 1 saturated carbocycles. The largest absolute Gasteiger partial charge is 0.348 e. The molecule has 4 heterocycles. The number of H-pyrrole nitrogens is 1. The van der Waals surface area contributed by atoms with Crippen molar-refractivity contribution < 1.29 is 9.59 Å². The number of aromatic amines is 1. The van der Waals surface area contributed by atoms with E-state index >= 15 is 0 Å². The van der Waals surface area contributed by atoms with Crippen molar-refractivity contribution >= 4 is 17.3 Å². The first-order chi connectivity index (χ1) is 14.9. The predicted octanol–water partition coefficient (Wildman–Crippen LogP) is 2.91. The van der Waals surface area contributed by atoms with Crippen LogP contribution >= 0.6 is 0 Å². The molecule has 2 N–H and O–H groups in total. The van der Waals surface area contributed by atoms with Crippen LogP contribution in [0.5, 0.6) is 0 Å². The van der Waals surface area contributed by atoms with Crippen LogP contribution < -0.4 is 5.32 Å². The van der Waals surface area contributed by atoms with Gasteiger partial charge in [0.15, 0.2) is 0 Å². The molecule has 162 valence electrons. The van der Waals surface area contributed by atoms with Crippen molar-refractivity contribution in [1.29, 1.82) is 0 Å². The van der Waals surface area contributed by atoms with Crippen LogP contribution in [0, 0.1) is 12.3 Å². The van der Waals surface area contributed by atoms with Gasteiger partial charge >= 0.3 is 0 Å². The van der Waals surface area contributed by atoms with Gasteiger partial charge in [-0.25, -0.2) is 4.52 Å². The third kappa shape index (κ3) is 3.21. The molecule has 1 aliphatic heterocycles. The van der Waals surface area contributed by atoms with Gasteiger partial charge < -0.3 is 10.2 Å². The van der Waals surface area contributed by atoms with Gasteiger partial charge in [-0.05, 0) is 43.4 Å². The molecule has 0 bridgehead atoms. The maximum absolute atomic E-state index is 13.1. The van der Waals surface area contributed by atoms with E-state index in [2.05, 4.69) is 34.5 Å². The summed E-state index contributed by atoms with van der Waals surface area (Å²) in [6.45, 7) is 7.44. The van der Waals surface area contributed by atoms with Crippen molar-refractivity contribution in [2.75, 3.05) is 13.1 Å². The lowest BCUT2D eigenvalue weighted by Crippen LogP contribution is -2.64. The highest BCUT2D eigenvalue weighted by Crippen LogP contribution is 2.46. The highest BCUT2D eigenvalue weighted by molar-refractivity contribution is 6.01. The molecule has 1 spiro atoms. The highest BCUT2D eigenvalue weighted by atomic mass is 16.2. The zero-order valence-electron chi connectivity index (χ0n) is 18.2. The zero-order valence-corrected chi connectivity index (χ0v) is 18.2. The van der Waals surface area contributed by atoms with Crippen molar-refractivity contribution in [3.05, 3.63) is 53.1 Å². The summed E-state index contributed by atoms with van der Waals surface area (Å²) in [5.74, 6) is 0.174. The van der Waals surface area contributed by atoms with Crippen LogP contribution in [-0.4, -0.2) is 55.7 Å². The third-order valence-corrected chi connectivity index (χ3v) is 6.94. The second-order valence-corrected chi connectivity index (χ2v) is 9.35. The molecule has 1 aliphatic carbocycles. The van der Waals surface area contributed by atoms with Crippen LogP contribution in [0.25, 0.3) is 5.52 Å². The Morgan fingerprint density at radius 3 is 2.87 bits per heavy atom. The van der Waals surface area contributed by atoms with Crippen molar-refractivity contribution in [2.24, 2.45) is 5.41 Å². The Bertz CT molecular complexity index is 1150. The molecule has 2 amide bonds. The number of nitrogens with zero attached hydrogens (tertiary/aromatic N) is 4. The Hall–Kier alpha value is -3.16. The normalized spacial score (nSPS) is 19.9. The van der Waals surface area contributed by atoms with Crippen molar-refractivity contribution in [3.8, 4) is 0 Å². The Kier molecular flexibility index (Phi) is 4.60. The van der Waals surface area contributed by atoms with E-state index in [1.165, 1.54) is 0 Å². The Balaban J connectivity index is 1.28. The van der Waals surface area contributed by atoms with Crippen molar-refractivity contribution in [2.45, 2.75) is 52.0 Å². The Morgan fingerprint density at radius 2 is 2.13 bits per heavy atom. The predicted molar refractivity (Wildman–Crippen MR) is 116 cm³/mol. The number of rotatable bonds is 4. The van der Waals surface area contributed by atoms with Gasteiger partial charge in [0.05, 0.1) is 17.3 Å². The molecule has 5 rings (SSSR count). The smallest absolute Gasteiger partial charge is 0.274 e. The lowest BCUT2D eigenvalue weighted by molar-refractivity contribution is -0.00473. The average molecular weight is 421 g/mol. The van der Waals surface area contributed by atoms with Gasteiger partial charge in [-0.2, -0.15) is 10.2 Å². The van der Waals surface area contributed by atoms with E-state index in [4.69, 9.17) is 0 Å². The molecule has 2 fully saturated rings. The number of amides is 2. The van der Waals surface area contributed by atoms with Crippen LogP contribution in [0.15, 0.2) is 30.6 Å². The summed E-state index contributed by atoms with van der Waals surface area (Å²) in [7, 11) is 0. The second-order valence-electron chi connectivity index (χ2n) is 9.35. The second kappa shape index (κ2) is 7.21. The molecule has 1 atom stereocenters. The SMILES string of the molecule is Cc1cccn2ncc(C(=O)NC3CCCC34CN(C(=O)c3cc(C(C)C)[nH]n3)C4)c12. The Labute approximate surface area is 181 Å². The number of hydrogen-bond acceptors (Lipinski definition) is 4. The summed E-state index contributed by atoms with van der Waals surface area (Å²) < 4.78 is 1.74. The monoisotopic (exact) mass is 420 g/mol. The molecule has 3 aromatic rings. The van der Waals surface area contributed by atoms with Gasteiger partial charge in [-0.15, -0.1) is 0 Å². The van der Waals surface area contributed by atoms with Crippen LogP contribution in [0.3, 0.4) is 0 Å². The number of hydrogen-bond donors (Lipinski definition) is 2. The molecule has 0 radical (unpaired) electrons. The summed E-state index contributed by atoms with van der Waals surface area (Å²) in [6.07, 6.45) is 6.50. The Morgan fingerprint density at radius 1 is 1.32 bits per heavy atom. The first kappa shape index (κ1) is 19.8. The van der Waals surface area contributed by atoms with E-state index in [-0.39, 0.29) is 23.3 Å². The minimum atomic E-state index is -0.0887. The summed E-state index contributed by atoms with van der Waals surface area (Å²) in [5.41, 5.74) is 3.86. The van der Waals surface area contributed by atoms with Gasteiger partial charge in [0, 0.05) is 36.4 Å². The van der Waals surface area contributed by atoms with E-state index in [1.54, 1.807) is 10.7 Å². The fraction of sp³-hybridized carbons (Fsp3) is 0.478. The minimum absolute atomic E-state index is 0.0380. The van der Waals surface area contributed by atoms with Crippen LogP contribution in [0.2, 0.25) is 0 Å². The van der Waals surface area contributed by atoms with E-state index < -0.39 is 0 Å². The fourth-order valence-electron chi connectivity index (χ4n) is 5.12. The molecular weight excluding hydrogens is 392 g/mol. The van der Waals surface area contributed by atoms with Gasteiger partial charge in [-0.1, -0.05) is 26.3 Å². The topological polar surface area (TPSA) is 95.4 Å². The summed E-state index contributed by atoms with van der Waals surface area (Å²) in [5, 5.41) is 14.7. The lowest BCUT2D eigenvalue weighted by atomic mass is 9.74. The lowest BCUT2D eigenvalue weighted by Gasteiger charge is -2.51. The van der Waals surface area contributed by atoms with Gasteiger partial charge in [0.25, 0.3) is 11.8 Å². The number of nitrogens with one attached hydrogen (secondary N) is 2. The number of fused-ring (bicyclic) bond motifs is 1. The van der Waals surface area contributed by atoms with Crippen LogP contribution in [0.1, 0.15) is 71.1 Å². The number of aryl methyl sites for hydroxylation is 1. The van der Waals surface area contributed by atoms with E-state index in [0.29, 0.717) is 30.3 Å². The summed E-state index contributed by atoms with van der Waals surface area (Å²) in [4.78, 5) is 27.8. The molecule has 2 aliphatic rings. The summed E-state index contributed by atoms with van der Waals surface area (Å²) >= 11 is 0. The van der Waals surface area contributed by atoms with Crippen molar-refractivity contribution in [3.63, 3.8) is 0 Å². The van der Waals surface area contributed by atoms with Gasteiger partial charge in [-0.3, -0.25) is 14.7 Å². The molecule has 0 aromatic carbocycles. The van der Waals surface area contributed by atoms with E-state index in [1.807, 2.05) is 36.2 Å². The molecule has 1 saturated heterocycles. The average Bonchev–Trinajstić information content (AvgIpc) is 3.44. The summed E-state index contributed by atoms with van der Waals surface area (Å²) in [6, 6.07) is 5.82. The van der Waals surface area contributed by atoms with Gasteiger partial charge in [0.1, 0.15) is 5.69 Å². The minimum Gasteiger partial charge on any atom is -0.348 e. The molecule has 3 aromatic heterocycles. The number of aromatic nitrogens is 4.